The van der Waals surface area contributed by atoms with Gasteiger partial charge in [-0.1, -0.05) is 57.2 Å². The Hall–Kier alpha value is -2.44. The molecule has 2 unspecified atom stereocenters. The van der Waals surface area contributed by atoms with Crippen LogP contribution in [0.3, 0.4) is 0 Å². The average molecular weight is 541 g/mol. The van der Waals surface area contributed by atoms with Crippen LogP contribution in [0.2, 0.25) is 0 Å². The van der Waals surface area contributed by atoms with E-state index in [1.165, 1.54) is 30.4 Å². The summed E-state index contributed by atoms with van der Waals surface area (Å²) >= 11 is 0. The van der Waals surface area contributed by atoms with E-state index in [2.05, 4.69) is 44.3 Å². The number of esters is 2. The van der Waals surface area contributed by atoms with Gasteiger partial charge in [-0.25, -0.2) is 9.59 Å². The van der Waals surface area contributed by atoms with Crippen LogP contribution in [0.1, 0.15) is 95.1 Å². The summed E-state index contributed by atoms with van der Waals surface area (Å²) < 4.78 is 22.4. The highest BCUT2D eigenvalue weighted by atomic mass is 16.7. The number of ether oxygens (including phenoxy) is 4. The number of hydrogen-bond donors (Lipinski definition) is 0. The summed E-state index contributed by atoms with van der Waals surface area (Å²) in [4.78, 5) is 24.7. The minimum absolute atomic E-state index is 0.0745. The fraction of sp³-hybridized carbons (Fsp3) is 0.636. The first-order valence-electron chi connectivity index (χ1n) is 14.9. The van der Waals surface area contributed by atoms with E-state index in [0.29, 0.717) is 24.0 Å². The Morgan fingerprint density at radius 3 is 2.26 bits per heavy atom. The fourth-order valence-corrected chi connectivity index (χ4v) is 5.47. The van der Waals surface area contributed by atoms with Crippen LogP contribution >= 0.6 is 0 Å². The first-order valence-corrected chi connectivity index (χ1v) is 14.9. The van der Waals surface area contributed by atoms with Crippen molar-refractivity contribution >= 4 is 11.9 Å². The number of carbonyl (C=O) groups is 2. The van der Waals surface area contributed by atoms with Crippen LogP contribution in [-0.2, 0) is 35.0 Å². The lowest BCUT2D eigenvalue weighted by Crippen LogP contribution is -2.31. The van der Waals surface area contributed by atoms with Crippen molar-refractivity contribution in [1.29, 1.82) is 0 Å². The van der Waals surface area contributed by atoms with Crippen molar-refractivity contribution in [3.8, 4) is 0 Å². The van der Waals surface area contributed by atoms with Gasteiger partial charge in [-0.15, -0.1) is 0 Å². The van der Waals surface area contributed by atoms with Gasteiger partial charge >= 0.3 is 11.9 Å². The zero-order valence-electron chi connectivity index (χ0n) is 24.1. The van der Waals surface area contributed by atoms with Crippen molar-refractivity contribution in [1.82, 2.24) is 0 Å². The predicted octanol–water partition coefficient (Wildman–Crippen LogP) is 7.07. The Bertz CT molecular complexity index is 922. The highest BCUT2D eigenvalue weighted by Gasteiger charge is 2.30. The molecule has 0 spiro atoms. The van der Waals surface area contributed by atoms with E-state index < -0.39 is 11.9 Å². The maximum Gasteiger partial charge on any atom is 0.335 e. The molecular formula is C33H48O6. The van der Waals surface area contributed by atoms with E-state index in [-0.39, 0.29) is 37.6 Å². The van der Waals surface area contributed by atoms with Crippen molar-refractivity contribution in [2.75, 3.05) is 26.4 Å². The molecule has 1 aromatic rings. The zero-order chi connectivity index (χ0) is 28.0. The topological polar surface area (TPSA) is 71.1 Å². The third kappa shape index (κ3) is 10.6. The van der Waals surface area contributed by atoms with Crippen LogP contribution in [0.25, 0.3) is 0 Å². The van der Waals surface area contributed by atoms with Crippen LogP contribution in [0.4, 0.5) is 0 Å². The number of hydrogen-bond acceptors (Lipinski definition) is 6. The van der Waals surface area contributed by atoms with Gasteiger partial charge in [0.05, 0.1) is 25.4 Å². The van der Waals surface area contributed by atoms with Crippen molar-refractivity contribution in [2.45, 2.75) is 96.7 Å². The third-order valence-corrected chi connectivity index (χ3v) is 8.03. The van der Waals surface area contributed by atoms with E-state index in [0.717, 1.165) is 51.4 Å². The fourth-order valence-electron chi connectivity index (χ4n) is 5.47. The van der Waals surface area contributed by atoms with Gasteiger partial charge in [0.1, 0.15) is 0 Å². The van der Waals surface area contributed by atoms with Gasteiger partial charge < -0.3 is 18.9 Å². The largest absolute Gasteiger partial charge is 0.462 e. The van der Waals surface area contributed by atoms with Gasteiger partial charge in [-0.05, 0) is 87.7 Å². The molecule has 6 nitrogen and oxygen atoms in total. The van der Waals surface area contributed by atoms with E-state index in [1.807, 2.05) is 0 Å². The van der Waals surface area contributed by atoms with Crippen molar-refractivity contribution in [2.24, 2.45) is 11.8 Å². The lowest BCUT2D eigenvalue weighted by atomic mass is 9.74. The molecule has 0 aromatic heterocycles. The standard InChI is InChI=1S/C33H48O6/c1-5-6-7-10-26-12-14-27(15-13-26)28-16-18-29(19-17-28)30(22-38-32(34)24(2)3)23-39-33(35)25(4)21-37-31-11-8-9-20-36-31/h12-15,28-31H,2,4-11,16-23H2,1,3H3. The van der Waals surface area contributed by atoms with E-state index in [9.17, 15) is 9.59 Å². The lowest BCUT2D eigenvalue weighted by molar-refractivity contribution is -0.161. The predicted molar refractivity (Wildman–Crippen MR) is 153 cm³/mol. The monoisotopic (exact) mass is 540 g/mol. The molecule has 1 saturated carbocycles. The summed E-state index contributed by atoms with van der Waals surface area (Å²) in [6, 6.07) is 9.17. The van der Waals surface area contributed by atoms with Crippen molar-refractivity contribution in [3.63, 3.8) is 0 Å². The smallest absolute Gasteiger partial charge is 0.335 e. The van der Waals surface area contributed by atoms with E-state index in [1.54, 1.807) is 6.92 Å². The summed E-state index contributed by atoms with van der Waals surface area (Å²) in [7, 11) is 0. The highest BCUT2D eigenvalue weighted by molar-refractivity contribution is 5.88. The number of benzene rings is 1. The molecular weight excluding hydrogens is 492 g/mol. The van der Waals surface area contributed by atoms with Crippen molar-refractivity contribution < 1.29 is 28.5 Å². The van der Waals surface area contributed by atoms with Gasteiger partial charge in [0.25, 0.3) is 0 Å². The van der Waals surface area contributed by atoms with Crippen LogP contribution in [0, 0.1) is 11.8 Å². The molecule has 3 rings (SSSR count). The molecule has 6 heteroatoms. The summed E-state index contributed by atoms with van der Waals surface area (Å²) in [5.41, 5.74) is 3.45. The Balaban J connectivity index is 1.50. The molecule has 2 aliphatic rings. The highest BCUT2D eigenvalue weighted by Crippen LogP contribution is 2.39. The number of rotatable bonds is 15. The van der Waals surface area contributed by atoms with Gasteiger partial charge in [0.15, 0.2) is 6.29 Å². The molecule has 0 radical (unpaired) electrons. The minimum Gasteiger partial charge on any atom is -0.462 e. The molecule has 0 bridgehead atoms. The quantitative estimate of drug-likeness (QED) is 0.135. The number of unbranched alkanes of at least 4 members (excludes halogenated alkanes) is 2. The molecule has 0 N–H and O–H groups in total. The van der Waals surface area contributed by atoms with Crippen molar-refractivity contribution in [3.05, 3.63) is 59.7 Å². The second kappa shape index (κ2) is 16.6. The molecule has 216 valence electrons. The SMILES string of the molecule is C=C(C)C(=O)OCC(COC(=O)C(=C)COC1CCCCO1)C1CCC(c2ccc(CCCCC)cc2)CC1. The molecule has 2 fully saturated rings. The first kappa shape index (κ1) is 31.1. The molecule has 39 heavy (non-hydrogen) atoms. The van der Waals surface area contributed by atoms with Gasteiger partial charge in [-0.3, -0.25) is 0 Å². The molecule has 1 saturated heterocycles. The molecule has 1 aliphatic heterocycles. The summed E-state index contributed by atoms with van der Waals surface area (Å²) in [6.07, 6.45) is 11.7. The van der Waals surface area contributed by atoms with Crippen LogP contribution in [-0.4, -0.2) is 44.7 Å². The third-order valence-electron chi connectivity index (χ3n) is 8.03. The number of aryl methyl sites for hydroxylation is 1. The Morgan fingerprint density at radius 1 is 0.949 bits per heavy atom. The first-order chi connectivity index (χ1) is 18.9. The van der Waals surface area contributed by atoms with Gasteiger partial charge in [0.2, 0.25) is 0 Å². The minimum atomic E-state index is -0.477. The summed E-state index contributed by atoms with van der Waals surface area (Å²) in [5, 5.41) is 0. The molecule has 1 aliphatic carbocycles. The second-order valence-corrected chi connectivity index (χ2v) is 11.3. The normalized spacial score (nSPS) is 22.1. The maximum atomic E-state index is 12.6. The average Bonchev–Trinajstić information content (AvgIpc) is 2.96. The molecule has 2 atom stereocenters. The number of carbonyl (C=O) groups excluding carboxylic acids is 2. The zero-order valence-corrected chi connectivity index (χ0v) is 24.1. The molecule has 1 aromatic carbocycles. The van der Waals surface area contributed by atoms with Gasteiger partial charge in [-0.2, -0.15) is 0 Å². The molecule has 0 amide bonds. The maximum absolute atomic E-state index is 12.6. The Morgan fingerprint density at radius 2 is 1.64 bits per heavy atom. The van der Waals surface area contributed by atoms with Crippen LogP contribution < -0.4 is 0 Å². The van der Waals surface area contributed by atoms with E-state index >= 15 is 0 Å². The Kier molecular flexibility index (Phi) is 13.2. The Labute approximate surface area is 235 Å². The van der Waals surface area contributed by atoms with Crippen LogP contribution in [0.15, 0.2) is 48.6 Å². The summed E-state index contributed by atoms with van der Waals surface area (Å²) in [6.45, 7) is 12.5. The van der Waals surface area contributed by atoms with Gasteiger partial charge in [0, 0.05) is 18.1 Å². The summed E-state index contributed by atoms with van der Waals surface area (Å²) in [5.74, 6) is -0.125. The molecule has 1 heterocycles. The van der Waals surface area contributed by atoms with Crippen LogP contribution in [0.5, 0.6) is 0 Å². The second-order valence-electron chi connectivity index (χ2n) is 11.3. The lowest BCUT2D eigenvalue weighted by Gasteiger charge is -2.33. The van der Waals surface area contributed by atoms with E-state index in [4.69, 9.17) is 18.9 Å².